The summed E-state index contributed by atoms with van der Waals surface area (Å²) in [6.07, 6.45) is 2.13. The summed E-state index contributed by atoms with van der Waals surface area (Å²) >= 11 is 0. The Hall–Kier alpha value is -2.63. The third kappa shape index (κ3) is 3.26. The Labute approximate surface area is 134 Å². The highest BCUT2D eigenvalue weighted by Gasteiger charge is 2.32. The summed E-state index contributed by atoms with van der Waals surface area (Å²) in [6, 6.07) is 4.85. The quantitative estimate of drug-likeness (QED) is 0.835. The molecule has 1 aromatic carbocycles. The minimum atomic E-state index is -0.354. The number of anilines is 2. The molecule has 2 N–H and O–H groups in total. The Kier molecular flexibility index (Phi) is 3.90. The molecule has 2 amide bonds. The number of carbonyl (C=O) groups is 2. The van der Waals surface area contributed by atoms with Crippen molar-refractivity contribution in [1.29, 1.82) is 0 Å². The fourth-order valence-electron chi connectivity index (χ4n) is 2.58. The number of aryl methyl sites for hydroxylation is 2. The van der Waals surface area contributed by atoms with E-state index in [0.29, 0.717) is 28.6 Å². The molecule has 1 heterocycles. The lowest BCUT2D eigenvalue weighted by atomic mass is 10.1. The fourth-order valence-corrected chi connectivity index (χ4v) is 2.58. The Balaban J connectivity index is 1.71. The monoisotopic (exact) mass is 313 g/mol. The van der Waals surface area contributed by atoms with Crippen LogP contribution in [0.4, 0.5) is 16.2 Å². The second-order valence-corrected chi connectivity index (χ2v) is 5.95. The molecule has 0 spiro atoms. The van der Waals surface area contributed by atoms with E-state index in [1.807, 2.05) is 6.92 Å². The van der Waals surface area contributed by atoms with Gasteiger partial charge >= 0.3 is 6.03 Å². The van der Waals surface area contributed by atoms with Gasteiger partial charge in [0, 0.05) is 17.2 Å². The zero-order valence-electron chi connectivity index (χ0n) is 13.4. The molecule has 1 saturated carbocycles. The summed E-state index contributed by atoms with van der Waals surface area (Å²) in [7, 11) is 0. The van der Waals surface area contributed by atoms with Gasteiger partial charge in [0.05, 0.1) is 0 Å². The normalized spacial score (nSPS) is 13.7. The molecule has 1 fully saturated rings. The number of amides is 2. The predicted molar refractivity (Wildman–Crippen MR) is 87.0 cm³/mol. The molecule has 6 heteroatoms. The van der Waals surface area contributed by atoms with Crippen molar-refractivity contribution >= 4 is 23.2 Å². The summed E-state index contributed by atoms with van der Waals surface area (Å²) in [5, 5.41) is 9.51. The van der Waals surface area contributed by atoms with Crippen LogP contribution in [0.3, 0.4) is 0 Å². The van der Waals surface area contributed by atoms with Crippen LogP contribution in [0.2, 0.25) is 0 Å². The first kappa shape index (κ1) is 15.3. The maximum absolute atomic E-state index is 12.2. The van der Waals surface area contributed by atoms with Gasteiger partial charge in [0.15, 0.2) is 11.5 Å². The van der Waals surface area contributed by atoms with E-state index in [4.69, 9.17) is 4.52 Å². The van der Waals surface area contributed by atoms with Crippen LogP contribution in [0.15, 0.2) is 22.7 Å². The van der Waals surface area contributed by atoms with Crippen LogP contribution in [0.1, 0.15) is 53.1 Å². The molecule has 0 radical (unpaired) electrons. The number of carbonyl (C=O) groups excluding carboxylic acids is 2. The molecule has 2 aromatic rings. The molecule has 1 aromatic heterocycles. The van der Waals surface area contributed by atoms with E-state index in [1.54, 1.807) is 25.1 Å². The minimum absolute atomic E-state index is 0.00710. The SMILES string of the molecule is CC(=O)c1ccc(NC(=O)Nc2c(C)noc2C2CC2)cc1C. The first-order valence-electron chi connectivity index (χ1n) is 7.61. The molecule has 120 valence electrons. The Morgan fingerprint density at radius 1 is 1.22 bits per heavy atom. The summed E-state index contributed by atoms with van der Waals surface area (Å²) in [6.45, 7) is 5.17. The maximum atomic E-state index is 12.2. The van der Waals surface area contributed by atoms with Gasteiger partial charge < -0.3 is 15.2 Å². The van der Waals surface area contributed by atoms with Crippen LogP contribution in [-0.2, 0) is 0 Å². The molecule has 0 aliphatic heterocycles. The van der Waals surface area contributed by atoms with E-state index in [2.05, 4.69) is 15.8 Å². The molecule has 1 aliphatic carbocycles. The average molecular weight is 313 g/mol. The Morgan fingerprint density at radius 3 is 2.57 bits per heavy atom. The van der Waals surface area contributed by atoms with Crippen molar-refractivity contribution in [3.8, 4) is 0 Å². The highest BCUT2D eigenvalue weighted by atomic mass is 16.5. The van der Waals surface area contributed by atoms with Gasteiger partial charge in [0.25, 0.3) is 0 Å². The first-order chi connectivity index (χ1) is 11.0. The van der Waals surface area contributed by atoms with Crippen molar-refractivity contribution in [3.63, 3.8) is 0 Å². The zero-order valence-corrected chi connectivity index (χ0v) is 13.4. The second kappa shape index (κ2) is 5.87. The van der Waals surface area contributed by atoms with Gasteiger partial charge in [-0.15, -0.1) is 0 Å². The van der Waals surface area contributed by atoms with Crippen LogP contribution in [0.5, 0.6) is 0 Å². The van der Waals surface area contributed by atoms with E-state index >= 15 is 0 Å². The summed E-state index contributed by atoms with van der Waals surface area (Å²) in [4.78, 5) is 23.6. The molecule has 6 nitrogen and oxygen atoms in total. The molecular formula is C17H19N3O3. The van der Waals surface area contributed by atoms with Gasteiger partial charge in [0.2, 0.25) is 0 Å². The predicted octanol–water partition coefficient (Wildman–Crippen LogP) is 4.02. The standard InChI is InChI=1S/C17H19N3O3/c1-9-8-13(6-7-14(9)11(3)21)18-17(22)19-15-10(2)20-23-16(15)12-4-5-12/h6-8,12H,4-5H2,1-3H3,(H2,18,19,22). The number of hydrogen-bond donors (Lipinski definition) is 2. The highest BCUT2D eigenvalue weighted by molar-refractivity contribution is 6.01. The number of aromatic nitrogens is 1. The number of nitrogens with one attached hydrogen (secondary N) is 2. The van der Waals surface area contributed by atoms with Crippen LogP contribution in [0, 0.1) is 13.8 Å². The molecule has 3 rings (SSSR count). The van der Waals surface area contributed by atoms with Crippen molar-refractivity contribution in [2.24, 2.45) is 0 Å². The van der Waals surface area contributed by atoms with E-state index in [0.717, 1.165) is 24.2 Å². The van der Waals surface area contributed by atoms with E-state index < -0.39 is 0 Å². The van der Waals surface area contributed by atoms with Gasteiger partial charge in [-0.2, -0.15) is 0 Å². The van der Waals surface area contributed by atoms with Crippen molar-refractivity contribution < 1.29 is 14.1 Å². The van der Waals surface area contributed by atoms with Gasteiger partial charge in [-0.3, -0.25) is 4.79 Å². The molecule has 23 heavy (non-hydrogen) atoms. The molecule has 0 bridgehead atoms. The van der Waals surface area contributed by atoms with Gasteiger partial charge in [0.1, 0.15) is 11.4 Å². The second-order valence-electron chi connectivity index (χ2n) is 5.95. The molecule has 0 atom stereocenters. The average Bonchev–Trinajstić information content (AvgIpc) is 3.25. The summed E-state index contributed by atoms with van der Waals surface area (Å²) in [5.74, 6) is 1.12. The van der Waals surface area contributed by atoms with E-state index in [-0.39, 0.29) is 11.8 Å². The summed E-state index contributed by atoms with van der Waals surface area (Å²) < 4.78 is 5.30. The fraction of sp³-hybridized carbons (Fsp3) is 0.353. The van der Waals surface area contributed by atoms with Gasteiger partial charge in [-0.25, -0.2) is 4.79 Å². The lowest BCUT2D eigenvalue weighted by molar-refractivity contribution is 0.101. The smallest absolute Gasteiger partial charge is 0.323 e. The number of hydrogen-bond acceptors (Lipinski definition) is 4. The first-order valence-corrected chi connectivity index (χ1v) is 7.61. The Bertz CT molecular complexity index is 775. The zero-order chi connectivity index (χ0) is 16.6. The molecule has 1 aliphatic rings. The van der Waals surface area contributed by atoms with Gasteiger partial charge in [-0.1, -0.05) is 5.16 Å². The number of Topliss-reactive ketones (excluding diaryl/α,β-unsaturated/α-hetero) is 1. The number of nitrogens with zero attached hydrogens (tertiary/aromatic N) is 1. The third-order valence-electron chi connectivity index (χ3n) is 3.94. The van der Waals surface area contributed by atoms with Crippen molar-refractivity contribution in [2.75, 3.05) is 10.6 Å². The number of benzene rings is 1. The van der Waals surface area contributed by atoms with E-state index in [9.17, 15) is 9.59 Å². The molecule has 0 unspecified atom stereocenters. The van der Waals surface area contributed by atoms with Crippen molar-refractivity contribution in [3.05, 3.63) is 40.8 Å². The van der Waals surface area contributed by atoms with Gasteiger partial charge in [-0.05, 0) is 57.4 Å². The van der Waals surface area contributed by atoms with Crippen molar-refractivity contribution in [1.82, 2.24) is 5.16 Å². The van der Waals surface area contributed by atoms with E-state index in [1.165, 1.54) is 6.92 Å². The largest absolute Gasteiger partial charge is 0.359 e. The summed E-state index contributed by atoms with van der Waals surface area (Å²) in [5.41, 5.74) is 3.44. The Morgan fingerprint density at radius 2 is 1.96 bits per heavy atom. The molecule has 0 saturated heterocycles. The highest BCUT2D eigenvalue weighted by Crippen LogP contribution is 2.44. The minimum Gasteiger partial charge on any atom is -0.359 e. The number of rotatable bonds is 4. The molecular weight excluding hydrogens is 294 g/mol. The van der Waals surface area contributed by atoms with Crippen LogP contribution < -0.4 is 10.6 Å². The third-order valence-corrected chi connectivity index (χ3v) is 3.94. The lowest BCUT2D eigenvalue weighted by Crippen LogP contribution is -2.20. The topological polar surface area (TPSA) is 84.2 Å². The van der Waals surface area contributed by atoms with Crippen molar-refractivity contribution in [2.45, 2.75) is 39.5 Å². The number of ketones is 1. The van der Waals surface area contributed by atoms with Crippen LogP contribution >= 0.6 is 0 Å². The number of urea groups is 1. The lowest BCUT2D eigenvalue weighted by Gasteiger charge is -2.10. The van der Waals surface area contributed by atoms with Crippen LogP contribution in [-0.4, -0.2) is 17.0 Å². The maximum Gasteiger partial charge on any atom is 0.323 e. The van der Waals surface area contributed by atoms with Crippen LogP contribution in [0.25, 0.3) is 0 Å².